The second-order valence-corrected chi connectivity index (χ2v) is 6.43. The summed E-state index contributed by atoms with van der Waals surface area (Å²) < 4.78 is 13.5. The fraction of sp³-hybridized carbons (Fsp3) is 0.294. The largest absolute Gasteiger partial charge is 0.327 e. The first kappa shape index (κ1) is 16.3. The Morgan fingerprint density at radius 2 is 1.95 bits per heavy atom. The molecule has 21 heavy (non-hydrogen) atoms. The van der Waals surface area contributed by atoms with E-state index in [4.69, 9.17) is 17.3 Å². The van der Waals surface area contributed by atoms with Gasteiger partial charge in [-0.2, -0.15) is 0 Å². The van der Waals surface area contributed by atoms with Crippen LogP contribution in [0.3, 0.4) is 0 Å². The first-order valence-electron chi connectivity index (χ1n) is 7.00. The number of halogens is 2. The lowest BCUT2D eigenvalue weighted by Gasteiger charge is -2.13. The van der Waals surface area contributed by atoms with Crippen molar-refractivity contribution in [2.45, 2.75) is 36.5 Å². The average Bonchev–Trinajstić information content (AvgIpc) is 2.48. The molecule has 1 atom stereocenters. The summed E-state index contributed by atoms with van der Waals surface area (Å²) in [6.45, 7) is 2.04. The van der Waals surface area contributed by atoms with Gasteiger partial charge >= 0.3 is 0 Å². The van der Waals surface area contributed by atoms with Gasteiger partial charge in [-0.3, -0.25) is 0 Å². The molecule has 0 aliphatic heterocycles. The van der Waals surface area contributed by atoms with Crippen molar-refractivity contribution in [2.75, 3.05) is 0 Å². The van der Waals surface area contributed by atoms with Crippen molar-refractivity contribution in [1.82, 2.24) is 0 Å². The zero-order valence-corrected chi connectivity index (χ0v) is 13.6. The standard InChI is InChI=1S/C17H19ClFNS/c1-2-15(20)10-13-9-14(19)7-8-17(13)21-11-12-5-3-4-6-16(12)18/h3-9,15H,2,10-11,20H2,1H3. The molecule has 0 bridgehead atoms. The third kappa shape index (κ3) is 4.73. The van der Waals surface area contributed by atoms with Crippen LogP contribution in [0.4, 0.5) is 4.39 Å². The van der Waals surface area contributed by atoms with Crippen LogP contribution >= 0.6 is 23.4 Å². The van der Waals surface area contributed by atoms with E-state index in [1.807, 2.05) is 37.3 Å². The maximum absolute atomic E-state index is 13.5. The molecule has 0 fully saturated rings. The number of hydrogen-bond acceptors (Lipinski definition) is 2. The van der Waals surface area contributed by atoms with Crippen LogP contribution in [0.25, 0.3) is 0 Å². The van der Waals surface area contributed by atoms with E-state index in [1.54, 1.807) is 17.8 Å². The van der Waals surface area contributed by atoms with Crippen molar-refractivity contribution in [2.24, 2.45) is 5.73 Å². The van der Waals surface area contributed by atoms with Gasteiger partial charge in [0.15, 0.2) is 0 Å². The van der Waals surface area contributed by atoms with E-state index in [0.717, 1.165) is 33.2 Å². The predicted octanol–water partition coefficient (Wildman–Crippen LogP) is 5.05. The number of nitrogens with two attached hydrogens (primary N) is 1. The molecule has 0 radical (unpaired) electrons. The van der Waals surface area contributed by atoms with Gasteiger partial charge < -0.3 is 5.73 Å². The molecule has 0 amide bonds. The molecule has 0 aliphatic rings. The highest BCUT2D eigenvalue weighted by molar-refractivity contribution is 7.98. The van der Waals surface area contributed by atoms with Crippen molar-refractivity contribution < 1.29 is 4.39 Å². The van der Waals surface area contributed by atoms with Gasteiger partial charge in [0.05, 0.1) is 0 Å². The van der Waals surface area contributed by atoms with Crippen LogP contribution in [-0.2, 0) is 12.2 Å². The summed E-state index contributed by atoms with van der Waals surface area (Å²) in [6, 6.07) is 12.8. The highest BCUT2D eigenvalue weighted by atomic mass is 35.5. The zero-order chi connectivity index (χ0) is 15.2. The second kappa shape index (κ2) is 7.83. The van der Waals surface area contributed by atoms with Crippen LogP contribution in [0.5, 0.6) is 0 Å². The molecule has 0 spiro atoms. The summed E-state index contributed by atoms with van der Waals surface area (Å²) in [5, 5.41) is 0.763. The van der Waals surface area contributed by atoms with Gasteiger partial charge in [0.2, 0.25) is 0 Å². The first-order valence-corrected chi connectivity index (χ1v) is 8.36. The molecule has 0 saturated carbocycles. The Morgan fingerprint density at radius 1 is 1.19 bits per heavy atom. The molecule has 0 aliphatic carbocycles. The van der Waals surface area contributed by atoms with E-state index in [2.05, 4.69) is 0 Å². The maximum Gasteiger partial charge on any atom is 0.123 e. The molecule has 1 unspecified atom stereocenters. The lowest BCUT2D eigenvalue weighted by Crippen LogP contribution is -2.21. The van der Waals surface area contributed by atoms with Crippen LogP contribution in [0.15, 0.2) is 47.4 Å². The van der Waals surface area contributed by atoms with Gasteiger partial charge in [-0.1, -0.05) is 36.7 Å². The molecular weight excluding hydrogens is 305 g/mol. The SMILES string of the molecule is CCC(N)Cc1cc(F)ccc1SCc1ccccc1Cl. The molecule has 0 aromatic heterocycles. The molecule has 2 N–H and O–H groups in total. The molecular formula is C17H19ClFNS. The van der Waals surface area contributed by atoms with Crippen LogP contribution in [0.1, 0.15) is 24.5 Å². The Morgan fingerprint density at radius 3 is 2.67 bits per heavy atom. The minimum absolute atomic E-state index is 0.0615. The molecule has 2 aromatic carbocycles. The van der Waals surface area contributed by atoms with Gasteiger partial charge in [0.1, 0.15) is 5.82 Å². The molecule has 4 heteroatoms. The monoisotopic (exact) mass is 323 g/mol. The molecule has 2 aromatic rings. The third-order valence-corrected chi connectivity index (χ3v) is 4.90. The Labute approximate surface area is 134 Å². The van der Waals surface area contributed by atoms with E-state index in [9.17, 15) is 4.39 Å². The average molecular weight is 324 g/mol. The molecule has 0 heterocycles. The van der Waals surface area contributed by atoms with Crippen LogP contribution in [0, 0.1) is 5.82 Å². The Hall–Kier alpha value is -1.03. The third-order valence-electron chi connectivity index (χ3n) is 3.37. The number of thioether (sulfide) groups is 1. The van der Waals surface area contributed by atoms with Crippen molar-refractivity contribution in [1.29, 1.82) is 0 Å². The smallest absolute Gasteiger partial charge is 0.123 e. The van der Waals surface area contributed by atoms with Crippen LogP contribution in [-0.4, -0.2) is 6.04 Å². The quantitative estimate of drug-likeness (QED) is 0.753. The Kier molecular flexibility index (Phi) is 6.09. The van der Waals surface area contributed by atoms with E-state index in [-0.39, 0.29) is 11.9 Å². The van der Waals surface area contributed by atoms with E-state index in [0.29, 0.717) is 6.42 Å². The minimum atomic E-state index is -0.213. The summed E-state index contributed by atoms with van der Waals surface area (Å²) in [7, 11) is 0. The highest BCUT2D eigenvalue weighted by Gasteiger charge is 2.10. The van der Waals surface area contributed by atoms with Gasteiger partial charge in [-0.15, -0.1) is 11.8 Å². The predicted molar refractivity (Wildman–Crippen MR) is 89.4 cm³/mol. The maximum atomic E-state index is 13.5. The summed E-state index contributed by atoms with van der Waals surface area (Å²) in [6.07, 6.45) is 1.57. The van der Waals surface area contributed by atoms with Crippen molar-refractivity contribution in [3.8, 4) is 0 Å². The number of hydrogen-bond donors (Lipinski definition) is 1. The molecule has 0 saturated heterocycles. The summed E-state index contributed by atoms with van der Waals surface area (Å²) >= 11 is 7.84. The Balaban J connectivity index is 2.14. The van der Waals surface area contributed by atoms with Crippen molar-refractivity contribution in [3.05, 3.63) is 64.4 Å². The fourth-order valence-corrected chi connectivity index (χ4v) is 3.38. The number of benzene rings is 2. The lowest BCUT2D eigenvalue weighted by atomic mass is 10.0. The van der Waals surface area contributed by atoms with Gasteiger partial charge in [0.25, 0.3) is 0 Å². The molecule has 2 rings (SSSR count). The van der Waals surface area contributed by atoms with Crippen molar-refractivity contribution >= 4 is 23.4 Å². The van der Waals surface area contributed by atoms with Crippen LogP contribution < -0.4 is 5.73 Å². The Bertz CT molecular complexity index is 603. The topological polar surface area (TPSA) is 26.0 Å². The lowest BCUT2D eigenvalue weighted by molar-refractivity contribution is 0.610. The summed E-state index contributed by atoms with van der Waals surface area (Å²) in [4.78, 5) is 1.07. The normalized spacial score (nSPS) is 12.4. The first-order chi connectivity index (χ1) is 10.1. The minimum Gasteiger partial charge on any atom is -0.327 e. The van der Waals surface area contributed by atoms with Gasteiger partial charge in [-0.25, -0.2) is 4.39 Å². The van der Waals surface area contributed by atoms with E-state index >= 15 is 0 Å². The van der Waals surface area contributed by atoms with E-state index < -0.39 is 0 Å². The number of rotatable bonds is 6. The summed E-state index contributed by atoms with van der Waals surface area (Å²) in [5.74, 6) is 0.551. The van der Waals surface area contributed by atoms with E-state index in [1.165, 1.54) is 6.07 Å². The van der Waals surface area contributed by atoms with Crippen LogP contribution in [0.2, 0.25) is 5.02 Å². The van der Waals surface area contributed by atoms with Crippen molar-refractivity contribution in [3.63, 3.8) is 0 Å². The zero-order valence-electron chi connectivity index (χ0n) is 12.0. The van der Waals surface area contributed by atoms with Gasteiger partial charge in [-0.05, 0) is 48.2 Å². The molecule has 112 valence electrons. The fourth-order valence-electron chi connectivity index (χ4n) is 2.05. The molecule has 1 nitrogen and oxygen atoms in total. The van der Waals surface area contributed by atoms with Gasteiger partial charge in [0, 0.05) is 21.7 Å². The highest BCUT2D eigenvalue weighted by Crippen LogP contribution is 2.30. The summed E-state index contributed by atoms with van der Waals surface area (Å²) in [5.41, 5.74) is 8.06. The second-order valence-electron chi connectivity index (χ2n) is 5.00.